The van der Waals surface area contributed by atoms with Crippen LogP contribution in [0.3, 0.4) is 0 Å². The predicted molar refractivity (Wildman–Crippen MR) is 91.9 cm³/mol. The maximum absolute atomic E-state index is 12.8. The fraction of sp³-hybridized carbons (Fsp3) is 0.562. The van der Waals surface area contributed by atoms with E-state index in [1.807, 2.05) is 5.38 Å². The highest BCUT2D eigenvalue weighted by Crippen LogP contribution is 2.32. The van der Waals surface area contributed by atoms with Gasteiger partial charge in [0.2, 0.25) is 5.82 Å². The lowest BCUT2D eigenvalue weighted by molar-refractivity contribution is 0.0295. The van der Waals surface area contributed by atoms with Gasteiger partial charge in [0.05, 0.1) is 37.3 Å². The summed E-state index contributed by atoms with van der Waals surface area (Å²) in [6.07, 6.45) is 0. The zero-order chi connectivity index (χ0) is 16.5. The van der Waals surface area contributed by atoms with Crippen molar-refractivity contribution < 1.29 is 14.3 Å². The highest BCUT2D eigenvalue weighted by atomic mass is 32.1. The summed E-state index contributed by atoms with van der Waals surface area (Å²) in [5.74, 6) is 1.03. The van der Waals surface area contributed by atoms with E-state index in [-0.39, 0.29) is 11.7 Å². The molecule has 8 heteroatoms. The second kappa shape index (κ2) is 6.62. The minimum absolute atomic E-state index is 0.112. The van der Waals surface area contributed by atoms with Crippen molar-refractivity contribution in [2.75, 3.05) is 57.5 Å². The number of carbonyl (C=O) groups excluding carboxylic acids is 1. The summed E-state index contributed by atoms with van der Waals surface area (Å²) in [5, 5.41) is 3.06. The molecule has 2 fully saturated rings. The van der Waals surface area contributed by atoms with Crippen LogP contribution < -0.4 is 4.90 Å². The van der Waals surface area contributed by atoms with Crippen molar-refractivity contribution >= 4 is 34.0 Å². The first-order valence-electron chi connectivity index (χ1n) is 8.19. The Kier molecular flexibility index (Phi) is 4.34. The summed E-state index contributed by atoms with van der Waals surface area (Å²) < 4.78 is 10.8. The molecular weight excluding hydrogens is 328 g/mol. The van der Waals surface area contributed by atoms with Gasteiger partial charge >= 0.3 is 0 Å². The van der Waals surface area contributed by atoms with Gasteiger partial charge in [0.25, 0.3) is 5.91 Å². The molecule has 0 radical (unpaired) electrons. The Morgan fingerprint density at radius 3 is 2.46 bits per heavy atom. The van der Waals surface area contributed by atoms with Crippen LogP contribution >= 0.6 is 11.3 Å². The number of nitrogens with zero attached hydrogens (tertiary/aromatic N) is 4. The van der Waals surface area contributed by atoms with Crippen LogP contribution in [0, 0.1) is 6.92 Å². The van der Waals surface area contributed by atoms with Gasteiger partial charge in [-0.25, -0.2) is 9.97 Å². The summed E-state index contributed by atoms with van der Waals surface area (Å²) in [6.45, 7) is 7.33. The zero-order valence-electron chi connectivity index (χ0n) is 13.7. The molecule has 0 aromatic carbocycles. The lowest BCUT2D eigenvalue weighted by Crippen LogP contribution is -2.42. The fourth-order valence-electron chi connectivity index (χ4n) is 3.10. The van der Waals surface area contributed by atoms with Crippen molar-refractivity contribution in [1.29, 1.82) is 0 Å². The zero-order valence-corrected chi connectivity index (χ0v) is 14.5. The summed E-state index contributed by atoms with van der Waals surface area (Å²) in [6, 6.07) is 0. The van der Waals surface area contributed by atoms with Crippen LogP contribution in [-0.2, 0) is 9.47 Å². The number of morpholine rings is 2. The van der Waals surface area contributed by atoms with Crippen LogP contribution in [0.4, 0.5) is 5.82 Å². The van der Waals surface area contributed by atoms with E-state index in [4.69, 9.17) is 9.47 Å². The van der Waals surface area contributed by atoms with E-state index in [1.165, 1.54) is 4.88 Å². The Morgan fingerprint density at radius 1 is 1.08 bits per heavy atom. The second-order valence-corrected chi connectivity index (χ2v) is 7.01. The number of amides is 1. The largest absolute Gasteiger partial charge is 0.378 e. The van der Waals surface area contributed by atoms with Crippen LogP contribution in [0.25, 0.3) is 10.9 Å². The Morgan fingerprint density at radius 2 is 1.75 bits per heavy atom. The van der Waals surface area contributed by atoms with E-state index >= 15 is 0 Å². The van der Waals surface area contributed by atoms with Gasteiger partial charge in [-0.1, -0.05) is 0 Å². The van der Waals surface area contributed by atoms with Crippen molar-refractivity contribution in [3.05, 3.63) is 16.1 Å². The molecule has 7 nitrogen and oxygen atoms in total. The second-order valence-electron chi connectivity index (χ2n) is 5.93. The maximum atomic E-state index is 12.8. The molecule has 128 valence electrons. The molecule has 0 N–H and O–H groups in total. The minimum atomic E-state index is -0.112. The van der Waals surface area contributed by atoms with E-state index in [2.05, 4.69) is 21.8 Å². The van der Waals surface area contributed by atoms with Crippen molar-refractivity contribution in [2.24, 2.45) is 0 Å². The summed E-state index contributed by atoms with van der Waals surface area (Å²) >= 11 is 1.65. The quantitative estimate of drug-likeness (QED) is 0.815. The molecule has 0 atom stereocenters. The molecule has 2 aliphatic rings. The van der Waals surface area contributed by atoms with Crippen molar-refractivity contribution in [3.8, 4) is 0 Å². The van der Waals surface area contributed by atoms with Gasteiger partial charge in [-0.15, -0.1) is 11.3 Å². The molecule has 0 saturated carbocycles. The monoisotopic (exact) mass is 348 g/mol. The van der Waals surface area contributed by atoms with Gasteiger partial charge in [0.15, 0.2) is 0 Å². The summed E-state index contributed by atoms with van der Waals surface area (Å²) in [5.41, 5.74) is 0.852. The normalized spacial score (nSPS) is 19.0. The lowest BCUT2D eigenvalue weighted by Gasteiger charge is -2.29. The highest BCUT2D eigenvalue weighted by molar-refractivity contribution is 7.11. The molecule has 1 amide bonds. The number of carbonyl (C=O) groups is 1. The number of fused-ring (bicyclic) bond motifs is 1. The molecule has 0 unspecified atom stereocenters. The molecule has 0 aliphatic carbocycles. The number of ether oxygens (including phenoxy) is 2. The standard InChI is InChI=1S/C16H20N4O3S/c1-11-13-12(10-24-11)17-14(16(21)20-4-8-23-9-5-20)18-15(13)19-2-6-22-7-3-19/h10H,2-9H2,1H3. The number of hydrogen-bond acceptors (Lipinski definition) is 7. The van der Waals surface area contributed by atoms with E-state index in [1.54, 1.807) is 16.2 Å². The molecule has 4 heterocycles. The maximum Gasteiger partial charge on any atom is 0.291 e. The summed E-state index contributed by atoms with van der Waals surface area (Å²) in [4.78, 5) is 27.1. The molecule has 2 aliphatic heterocycles. The predicted octanol–water partition coefficient (Wildman–Crippen LogP) is 1.31. The van der Waals surface area contributed by atoms with Crippen molar-refractivity contribution in [2.45, 2.75) is 6.92 Å². The number of rotatable bonds is 2. The molecule has 2 aromatic heterocycles. The van der Waals surface area contributed by atoms with E-state index < -0.39 is 0 Å². The Hall–Kier alpha value is -1.77. The van der Waals surface area contributed by atoms with E-state index in [9.17, 15) is 4.79 Å². The van der Waals surface area contributed by atoms with Gasteiger partial charge in [0.1, 0.15) is 5.82 Å². The van der Waals surface area contributed by atoms with E-state index in [0.717, 1.165) is 29.8 Å². The SMILES string of the molecule is Cc1scc2nc(C(=O)N3CCOCC3)nc(N3CCOCC3)c12. The third-order valence-corrected chi connectivity index (χ3v) is 5.32. The Labute approximate surface area is 144 Å². The van der Waals surface area contributed by atoms with Crippen molar-refractivity contribution in [3.63, 3.8) is 0 Å². The number of aryl methyl sites for hydroxylation is 1. The third kappa shape index (κ3) is 2.85. The van der Waals surface area contributed by atoms with Crippen LogP contribution in [0.1, 0.15) is 15.5 Å². The van der Waals surface area contributed by atoms with Gasteiger partial charge in [-0.05, 0) is 6.92 Å². The van der Waals surface area contributed by atoms with Crippen LogP contribution in [0.5, 0.6) is 0 Å². The van der Waals surface area contributed by atoms with Crippen molar-refractivity contribution in [1.82, 2.24) is 14.9 Å². The first kappa shape index (κ1) is 15.7. The lowest BCUT2D eigenvalue weighted by atomic mass is 10.2. The minimum Gasteiger partial charge on any atom is -0.378 e. The van der Waals surface area contributed by atoms with Gasteiger partial charge in [-0.2, -0.15) is 0 Å². The van der Waals surface area contributed by atoms with Gasteiger partial charge in [0, 0.05) is 36.4 Å². The van der Waals surface area contributed by atoms with Gasteiger partial charge < -0.3 is 19.3 Å². The fourth-order valence-corrected chi connectivity index (χ4v) is 3.87. The van der Waals surface area contributed by atoms with Gasteiger partial charge in [-0.3, -0.25) is 4.79 Å². The van der Waals surface area contributed by atoms with E-state index in [0.29, 0.717) is 39.5 Å². The average Bonchev–Trinajstić information content (AvgIpc) is 3.03. The molecule has 0 spiro atoms. The average molecular weight is 348 g/mol. The number of aromatic nitrogens is 2. The molecular formula is C16H20N4O3S. The molecule has 2 saturated heterocycles. The molecule has 4 rings (SSSR count). The van der Waals surface area contributed by atoms with Crippen LogP contribution in [0.2, 0.25) is 0 Å². The topological polar surface area (TPSA) is 67.8 Å². The highest BCUT2D eigenvalue weighted by Gasteiger charge is 2.25. The molecule has 2 aromatic rings. The first-order chi connectivity index (χ1) is 11.7. The number of anilines is 1. The third-order valence-electron chi connectivity index (χ3n) is 4.42. The summed E-state index contributed by atoms with van der Waals surface area (Å²) in [7, 11) is 0. The number of hydrogen-bond donors (Lipinski definition) is 0. The number of thiophene rings is 1. The Bertz CT molecular complexity index is 751. The first-order valence-corrected chi connectivity index (χ1v) is 9.07. The molecule has 0 bridgehead atoms. The van der Waals surface area contributed by atoms with Crippen LogP contribution in [0.15, 0.2) is 5.38 Å². The smallest absolute Gasteiger partial charge is 0.291 e. The van der Waals surface area contributed by atoms with Crippen LogP contribution in [-0.4, -0.2) is 73.4 Å². The molecule has 24 heavy (non-hydrogen) atoms. The Balaban J connectivity index is 1.75.